The van der Waals surface area contributed by atoms with Crippen molar-refractivity contribution in [2.24, 2.45) is 11.1 Å². The molecule has 0 aliphatic heterocycles. The van der Waals surface area contributed by atoms with Gasteiger partial charge in [0.25, 0.3) is 0 Å². The largest absolute Gasteiger partial charge is 0.397 e. The lowest BCUT2D eigenvalue weighted by atomic mass is 9.96. The minimum Gasteiger partial charge on any atom is -0.397 e. The van der Waals surface area contributed by atoms with Crippen LogP contribution in [0.25, 0.3) is 0 Å². The van der Waals surface area contributed by atoms with Crippen molar-refractivity contribution in [2.75, 3.05) is 11.1 Å². The van der Waals surface area contributed by atoms with E-state index in [1.54, 1.807) is 6.07 Å². The molecule has 5 nitrogen and oxygen atoms in total. The Labute approximate surface area is 120 Å². The Balaban J connectivity index is 2.17. The quantitative estimate of drug-likeness (QED) is 0.589. The molecule has 112 valence electrons. The third-order valence-corrected chi connectivity index (χ3v) is 4.96. The van der Waals surface area contributed by atoms with Crippen LogP contribution in [0.4, 0.5) is 11.4 Å². The minimum absolute atomic E-state index is 0.0504. The van der Waals surface area contributed by atoms with E-state index in [4.69, 9.17) is 10.9 Å². The fourth-order valence-electron chi connectivity index (χ4n) is 2.76. The van der Waals surface area contributed by atoms with Gasteiger partial charge in [0.05, 0.1) is 16.3 Å². The maximum absolute atomic E-state index is 11.3. The molecule has 0 saturated heterocycles. The number of hydrogen-bond donors (Lipinski definition) is 3. The first-order valence-corrected chi connectivity index (χ1v) is 8.61. The number of benzene rings is 1. The molecule has 0 bridgehead atoms. The highest BCUT2D eigenvalue weighted by atomic mass is 32.2. The van der Waals surface area contributed by atoms with E-state index in [1.807, 2.05) is 0 Å². The van der Waals surface area contributed by atoms with Crippen molar-refractivity contribution in [3.05, 3.63) is 18.2 Å². The molecule has 1 aliphatic rings. The molecule has 0 heterocycles. The topological polar surface area (TPSA) is 98.2 Å². The van der Waals surface area contributed by atoms with Crippen LogP contribution in [0.1, 0.15) is 39.0 Å². The predicted molar refractivity (Wildman–Crippen MR) is 81.9 cm³/mol. The van der Waals surface area contributed by atoms with Gasteiger partial charge in [-0.1, -0.05) is 26.2 Å². The first kappa shape index (κ1) is 15.1. The molecule has 1 aliphatic carbocycles. The van der Waals surface area contributed by atoms with Crippen LogP contribution >= 0.6 is 0 Å². The molecule has 0 amide bonds. The standard InChI is InChI=1S/C14H23N3O2S/c1-10-5-3-2-4-6-13(10)17-14-8-7-11(9-12(14)15)20(16,18)19/h7-10,13,17H,2-6,15H2,1H3,(H2,16,18,19). The summed E-state index contributed by atoms with van der Waals surface area (Å²) in [6, 6.07) is 5.00. The van der Waals surface area contributed by atoms with Gasteiger partial charge in [0, 0.05) is 6.04 Å². The van der Waals surface area contributed by atoms with Crippen molar-refractivity contribution in [1.82, 2.24) is 0 Å². The molecule has 2 unspecified atom stereocenters. The Kier molecular flexibility index (Phi) is 4.55. The zero-order valence-corrected chi connectivity index (χ0v) is 12.6. The lowest BCUT2D eigenvalue weighted by Crippen LogP contribution is -2.26. The average molecular weight is 297 g/mol. The Morgan fingerprint density at radius 2 is 1.90 bits per heavy atom. The molecule has 2 rings (SSSR count). The van der Waals surface area contributed by atoms with Crippen LogP contribution in [0.5, 0.6) is 0 Å². The third kappa shape index (κ3) is 3.64. The molecular formula is C14H23N3O2S. The number of anilines is 2. The van der Waals surface area contributed by atoms with Gasteiger partial charge in [0.2, 0.25) is 10.0 Å². The summed E-state index contributed by atoms with van der Waals surface area (Å²) in [6.07, 6.45) is 6.11. The maximum atomic E-state index is 11.3. The summed E-state index contributed by atoms with van der Waals surface area (Å²) in [5, 5.41) is 8.56. The van der Waals surface area contributed by atoms with Crippen molar-refractivity contribution < 1.29 is 8.42 Å². The Hall–Kier alpha value is -1.27. The van der Waals surface area contributed by atoms with Crippen LogP contribution in [0.2, 0.25) is 0 Å². The van der Waals surface area contributed by atoms with E-state index < -0.39 is 10.0 Å². The van der Waals surface area contributed by atoms with Crippen molar-refractivity contribution in [3.8, 4) is 0 Å². The van der Waals surface area contributed by atoms with Crippen LogP contribution in [0, 0.1) is 5.92 Å². The summed E-state index contributed by atoms with van der Waals surface area (Å²) in [7, 11) is -3.70. The summed E-state index contributed by atoms with van der Waals surface area (Å²) >= 11 is 0. The van der Waals surface area contributed by atoms with Crippen LogP contribution in [-0.4, -0.2) is 14.5 Å². The molecule has 20 heavy (non-hydrogen) atoms. The van der Waals surface area contributed by atoms with E-state index in [9.17, 15) is 8.42 Å². The lowest BCUT2D eigenvalue weighted by Gasteiger charge is -2.25. The summed E-state index contributed by atoms with van der Waals surface area (Å²) in [4.78, 5) is 0.0504. The van der Waals surface area contributed by atoms with E-state index in [-0.39, 0.29) is 4.90 Å². The Morgan fingerprint density at radius 1 is 1.20 bits per heavy atom. The number of sulfonamides is 1. The van der Waals surface area contributed by atoms with Gasteiger partial charge in [0.1, 0.15) is 0 Å². The van der Waals surface area contributed by atoms with E-state index in [0.717, 1.165) is 12.1 Å². The van der Waals surface area contributed by atoms with Gasteiger partial charge in [-0.05, 0) is 37.0 Å². The maximum Gasteiger partial charge on any atom is 0.238 e. The number of nitrogen functional groups attached to an aromatic ring is 1. The SMILES string of the molecule is CC1CCCCCC1Nc1ccc(S(N)(=O)=O)cc1N. The van der Waals surface area contributed by atoms with Crippen molar-refractivity contribution in [3.63, 3.8) is 0 Å². The minimum atomic E-state index is -3.70. The van der Waals surface area contributed by atoms with Gasteiger partial charge in [-0.15, -0.1) is 0 Å². The van der Waals surface area contributed by atoms with Crippen LogP contribution in [-0.2, 0) is 10.0 Å². The van der Waals surface area contributed by atoms with E-state index in [0.29, 0.717) is 17.6 Å². The fourth-order valence-corrected chi connectivity index (χ4v) is 3.31. The van der Waals surface area contributed by atoms with E-state index in [1.165, 1.54) is 37.8 Å². The monoisotopic (exact) mass is 297 g/mol. The second-order valence-electron chi connectivity index (χ2n) is 5.66. The van der Waals surface area contributed by atoms with Crippen LogP contribution in [0.15, 0.2) is 23.1 Å². The number of nitrogens with two attached hydrogens (primary N) is 2. The molecule has 0 radical (unpaired) electrons. The third-order valence-electron chi connectivity index (χ3n) is 4.05. The van der Waals surface area contributed by atoms with E-state index >= 15 is 0 Å². The van der Waals surface area contributed by atoms with Gasteiger partial charge in [-0.2, -0.15) is 0 Å². The van der Waals surface area contributed by atoms with Gasteiger partial charge in [-0.25, -0.2) is 13.6 Å². The summed E-state index contributed by atoms with van der Waals surface area (Å²) < 4.78 is 22.6. The van der Waals surface area contributed by atoms with Crippen molar-refractivity contribution in [1.29, 1.82) is 0 Å². The van der Waals surface area contributed by atoms with Crippen molar-refractivity contribution >= 4 is 21.4 Å². The molecular weight excluding hydrogens is 274 g/mol. The van der Waals surface area contributed by atoms with Crippen LogP contribution in [0.3, 0.4) is 0 Å². The van der Waals surface area contributed by atoms with Crippen LogP contribution < -0.4 is 16.2 Å². The first-order valence-electron chi connectivity index (χ1n) is 7.07. The predicted octanol–water partition coefficient (Wildman–Crippen LogP) is 2.30. The average Bonchev–Trinajstić information content (AvgIpc) is 2.56. The Bertz CT molecular complexity index is 572. The van der Waals surface area contributed by atoms with Gasteiger partial charge < -0.3 is 11.1 Å². The second-order valence-corrected chi connectivity index (χ2v) is 7.22. The fraction of sp³-hybridized carbons (Fsp3) is 0.571. The molecule has 1 aromatic rings. The number of rotatable bonds is 3. The highest BCUT2D eigenvalue weighted by Crippen LogP contribution is 2.29. The van der Waals surface area contributed by atoms with E-state index in [2.05, 4.69) is 12.2 Å². The summed E-state index contributed by atoms with van der Waals surface area (Å²) in [6.45, 7) is 2.25. The molecule has 6 heteroatoms. The molecule has 1 saturated carbocycles. The van der Waals surface area contributed by atoms with Gasteiger partial charge in [-0.3, -0.25) is 0 Å². The Morgan fingerprint density at radius 3 is 2.55 bits per heavy atom. The first-order chi connectivity index (χ1) is 9.38. The number of nitrogens with one attached hydrogen (secondary N) is 1. The highest BCUT2D eigenvalue weighted by molar-refractivity contribution is 7.89. The lowest BCUT2D eigenvalue weighted by molar-refractivity contribution is 0.457. The van der Waals surface area contributed by atoms with Crippen molar-refractivity contribution in [2.45, 2.75) is 50.0 Å². The second kappa shape index (κ2) is 6.01. The highest BCUT2D eigenvalue weighted by Gasteiger charge is 2.20. The molecule has 0 spiro atoms. The summed E-state index contributed by atoms with van der Waals surface area (Å²) in [5.41, 5.74) is 7.15. The molecule has 0 aromatic heterocycles. The smallest absolute Gasteiger partial charge is 0.238 e. The molecule has 1 fully saturated rings. The normalized spacial score (nSPS) is 24.1. The van der Waals surface area contributed by atoms with Gasteiger partial charge >= 0.3 is 0 Å². The zero-order valence-electron chi connectivity index (χ0n) is 11.8. The number of hydrogen-bond acceptors (Lipinski definition) is 4. The molecule has 2 atom stereocenters. The van der Waals surface area contributed by atoms with Gasteiger partial charge in [0.15, 0.2) is 0 Å². The zero-order chi connectivity index (χ0) is 14.8. The molecule has 5 N–H and O–H groups in total. The summed E-state index contributed by atoms with van der Waals surface area (Å²) in [5.74, 6) is 0.592. The number of primary sulfonamides is 1. The molecule has 1 aromatic carbocycles.